The quantitative estimate of drug-likeness (QED) is 0.633. The van der Waals surface area contributed by atoms with Crippen LogP contribution in [-0.2, 0) is 11.3 Å². The molecule has 1 rings (SSSR count). The van der Waals surface area contributed by atoms with Crippen molar-refractivity contribution in [3.05, 3.63) is 12.2 Å². The number of aromatic nitrogens is 2. The van der Waals surface area contributed by atoms with Crippen LogP contribution in [-0.4, -0.2) is 22.6 Å². The van der Waals surface area contributed by atoms with Gasteiger partial charge < -0.3 is 15.6 Å². The molecule has 0 bridgehead atoms. The molecule has 0 atom stereocenters. The van der Waals surface area contributed by atoms with E-state index in [-0.39, 0.29) is 5.91 Å². The predicted octanol–water partition coefficient (Wildman–Crippen LogP) is 0.595. The third kappa shape index (κ3) is 5.45. The molecule has 1 aromatic rings. The number of hydrogen-bond donors (Lipinski definition) is 2. The Hall–Kier alpha value is -1.43. The van der Waals surface area contributed by atoms with E-state index in [0.717, 1.165) is 32.2 Å². The molecule has 0 saturated heterocycles. The zero-order valence-corrected chi connectivity index (χ0v) is 9.32. The molecule has 0 saturated carbocycles. The average Bonchev–Trinajstić information content (AvgIpc) is 2.79. The van der Waals surface area contributed by atoms with E-state index in [0.29, 0.717) is 18.8 Å². The molecule has 1 aromatic heterocycles. The number of rotatable bonds is 8. The molecule has 1 heterocycles. The van der Waals surface area contributed by atoms with Crippen LogP contribution in [0.4, 0.5) is 0 Å². The maximum atomic E-state index is 11.3. The van der Waals surface area contributed by atoms with Crippen LogP contribution in [0.1, 0.15) is 37.9 Å². The highest BCUT2D eigenvalue weighted by atomic mass is 16.5. The molecule has 0 aliphatic rings. The Morgan fingerprint density at radius 3 is 2.88 bits per heavy atom. The van der Waals surface area contributed by atoms with Crippen molar-refractivity contribution in [2.24, 2.45) is 5.73 Å². The van der Waals surface area contributed by atoms with E-state index >= 15 is 0 Å². The molecule has 3 N–H and O–H groups in total. The molecule has 90 valence electrons. The lowest BCUT2D eigenvalue weighted by Crippen LogP contribution is -2.22. The van der Waals surface area contributed by atoms with Crippen LogP contribution in [0.5, 0.6) is 0 Å². The monoisotopic (exact) mass is 226 g/mol. The molecule has 0 aliphatic heterocycles. The van der Waals surface area contributed by atoms with Crippen molar-refractivity contribution in [1.29, 1.82) is 0 Å². The SMILES string of the molecule is NCCCCCCC(=O)NCc1ncon1. The van der Waals surface area contributed by atoms with Gasteiger partial charge in [-0.25, -0.2) is 0 Å². The third-order valence-electron chi connectivity index (χ3n) is 2.21. The van der Waals surface area contributed by atoms with Crippen LogP contribution in [0, 0.1) is 0 Å². The summed E-state index contributed by atoms with van der Waals surface area (Å²) in [5, 5.41) is 6.32. The minimum absolute atomic E-state index is 0.0255. The number of nitrogens with zero attached hydrogens (tertiary/aromatic N) is 2. The molecule has 1 amide bonds. The number of carbonyl (C=O) groups excluding carboxylic acids is 1. The largest absolute Gasteiger partial charge is 0.349 e. The fourth-order valence-corrected chi connectivity index (χ4v) is 1.32. The Bertz CT molecular complexity index is 287. The lowest BCUT2D eigenvalue weighted by Gasteiger charge is -2.02. The smallest absolute Gasteiger partial charge is 0.220 e. The van der Waals surface area contributed by atoms with E-state index < -0.39 is 0 Å². The molecule has 0 aromatic carbocycles. The van der Waals surface area contributed by atoms with Crippen molar-refractivity contribution in [3.8, 4) is 0 Å². The second-order valence-electron chi connectivity index (χ2n) is 3.58. The Labute approximate surface area is 94.6 Å². The Morgan fingerprint density at radius 1 is 1.38 bits per heavy atom. The third-order valence-corrected chi connectivity index (χ3v) is 2.21. The molecule has 0 unspecified atom stereocenters. The van der Waals surface area contributed by atoms with Crippen molar-refractivity contribution in [2.75, 3.05) is 6.54 Å². The number of unbranched alkanes of at least 4 members (excludes halogenated alkanes) is 3. The molecule has 0 fully saturated rings. The standard InChI is InChI=1S/C10H18N4O2/c11-6-4-2-1-3-5-10(15)12-7-9-13-8-16-14-9/h8H,1-7,11H2,(H,12,15). The van der Waals surface area contributed by atoms with Gasteiger partial charge in [-0.2, -0.15) is 4.98 Å². The van der Waals surface area contributed by atoms with Crippen LogP contribution in [0.25, 0.3) is 0 Å². The molecular weight excluding hydrogens is 208 g/mol. The second-order valence-corrected chi connectivity index (χ2v) is 3.58. The van der Waals surface area contributed by atoms with Crippen molar-refractivity contribution in [3.63, 3.8) is 0 Å². The number of carbonyl (C=O) groups is 1. The molecule has 6 heteroatoms. The van der Waals surface area contributed by atoms with Gasteiger partial charge in [0.2, 0.25) is 12.3 Å². The van der Waals surface area contributed by atoms with Gasteiger partial charge in [0.05, 0.1) is 6.54 Å². The minimum atomic E-state index is 0.0255. The van der Waals surface area contributed by atoms with Crippen LogP contribution in [0.2, 0.25) is 0 Å². The molecular formula is C10H18N4O2. The highest BCUT2D eigenvalue weighted by Crippen LogP contribution is 2.02. The molecule has 0 aliphatic carbocycles. The fraction of sp³-hybridized carbons (Fsp3) is 0.700. The van der Waals surface area contributed by atoms with Crippen molar-refractivity contribution in [1.82, 2.24) is 15.5 Å². The second kappa shape index (κ2) is 7.81. The zero-order chi connectivity index (χ0) is 11.6. The van der Waals surface area contributed by atoms with E-state index in [4.69, 9.17) is 5.73 Å². The summed E-state index contributed by atoms with van der Waals surface area (Å²) in [5.41, 5.74) is 5.37. The van der Waals surface area contributed by atoms with Gasteiger partial charge in [-0.1, -0.05) is 18.0 Å². The van der Waals surface area contributed by atoms with Gasteiger partial charge in [0.25, 0.3) is 0 Å². The molecule has 6 nitrogen and oxygen atoms in total. The van der Waals surface area contributed by atoms with Gasteiger partial charge in [-0.05, 0) is 19.4 Å². The zero-order valence-electron chi connectivity index (χ0n) is 9.32. The number of hydrogen-bond acceptors (Lipinski definition) is 5. The van der Waals surface area contributed by atoms with E-state index in [2.05, 4.69) is 20.0 Å². The minimum Gasteiger partial charge on any atom is -0.349 e. The number of amides is 1. The van der Waals surface area contributed by atoms with Gasteiger partial charge in [-0.3, -0.25) is 4.79 Å². The highest BCUT2D eigenvalue weighted by molar-refractivity contribution is 5.75. The maximum absolute atomic E-state index is 11.3. The summed E-state index contributed by atoms with van der Waals surface area (Å²) in [6, 6.07) is 0. The van der Waals surface area contributed by atoms with Gasteiger partial charge in [0.15, 0.2) is 5.82 Å². The first kappa shape index (κ1) is 12.6. The van der Waals surface area contributed by atoms with Crippen LogP contribution in [0.15, 0.2) is 10.9 Å². The van der Waals surface area contributed by atoms with Crippen molar-refractivity contribution >= 4 is 5.91 Å². The summed E-state index contributed by atoms with van der Waals surface area (Å²) in [5.74, 6) is 0.522. The van der Waals surface area contributed by atoms with E-state index in [1.807, 2.05) is 0 Å². The van der Waals surface area contributed by atoms with Gasteiger partial charge >= 0.3 is 0 Å². The predicted molar refractivity (Wildman–Crippen MR) is 58.3 cm³/mol. The summed E-state index contributed by atoms with van der Waals surface area (Å²) >= 11 is 0. The van der Waals surface area contributed by atoms with Crippen molar-refractivity contribution < 1.29 is 9.32 Å². The molecule has 16 heavy (non-hydrogen) atoms. The van der Waals surface area contributed by atoms with Crippen LogP contribution < -0.4 is 11.1 Å². The maximum Gasteiger partial charge on any atom is 0.220 e. The van der Waals surface area contributed by atoms with Crippen molar-refractivity contribution in [2.45, 2.75) is 38.6 Å². The van der Waals surface area contributed by atoms with Gasteiger partial charge in [0.1, 0.15) is 0 Å². The van der Waals surface area contributed by atoms with E-state index in [1.54, 1.807) is 0 Å². The molecule has 0 radical (unpaired) electrons. The summed E-state index contributed by atoms with van der Waals surface area (Å²) in [6.07, 6.45) is 5.86. The first-order valence-electron chi connectivity index (χ1n) is 5.55. The lowest BCUT2D eigenvalue weighted by molar-refractivity contribution is -0.121. The Balaban J connectivity index is 1.99. The van der Waals surface area contributed by atoms with Gasteiger partial charge in [-0.15, -0.1) is 0 Å². The lowest BCUT2D eigenvalue weighted by atomic mass is 10.1. The fourth-order valence-electron chi connectivity index (χ4n) is 1.32. The van der Waals surface area contributed by atoms with Crippen LogP contribution in [0.3, 0.4) is 0 Å². The van der Waals surface area contributed by atoms with Crippen LogP contribution >= 0.6 is 0 Å². The summed E-state index contributed by atoms with van der Waals surface area (Å²) in [7, 11) is 0. The normalized spacial score (nSPS) is 10.3. The van der Waals surface area contributed by atoms with E-state index in [1.165, 1.54) is 6.39 Å². The summed E-state index contributed by atoms with van der Waals surface area (Å²) < 4.78 is 4.55. The first-order valence-corrected chi connectivity index (χ1v) is 5.55. The number of nitrogens with two attached hydrogens (primary N) is 1. The first-order chi connectivity index (χ1) is 7.83. The highest BCUT2D eigenvalue weighted by Gasteiger charge is 2.03. The topological polar surface area (TPSA) is 94.0 Å². The molecule has 0 spiro atoms. The summed E-state index contributed by atoms with van der Waals surface area (Å²) in [4.78, 5) is 15.2. The summed E-state index contributed by atoms with van der Waals surface area (Å²) in [6.45, 7) is 1.06. The Morgan fingerprint density at radius 2 is 2.19 bits per heavy atom. The van der Waals surface area contributed by atoms with E-state index in [9.17, 15) is 4.79 Å². The van der Waals surface area contributed by atoms with Gasteiger partial charge in [0, 0.05) is 6.42 Å². The average molecular weight is 226 g/mol. The Kier molecular flexibility index (Phi) is 6.17. The number of nitrogens with one attached hydrogen (secondary N) is 1.